The Morgan fingerprint density at radius 1 is 1.29 bits per heavy atom. The van der Waals surface area contributed by atoms with Gasteiger partial charge in [-0.15, -0.1) is 0 Å². The van der Waals surface area contributed by atoms with Gasteiger partial charge in [0.25, 0.3) is 0 Å². The van der Waals surface area contributed by atoms with Gasteiger partial charge >= 0.3 is 6.09 Å². The number of anilines is 1. The Hall–Kier alpha value is -2.18. The Morgan fingerprint density at radius 3 is 2.67 bits per heavy atom. The second-order valence-corrected chi connectivity index (χ2v) is 5.43. The lowest BCUT2D eigenvalue weighted by Crippen LogP contribution is -2.49. The van der Waals surface area contributed by atoms with E-state index in [0.29, 0.717) is 38.3 Å². The molecule has 7 heteroatoms. The van der Waals surface area contributed by atoms with Crippen LogP contribution in [-0.2, 0) is 4.74 Å². The highest BCUT2D eigenvalue weighted by atomic mass is 16.5. The highest BCUT2D eigenvalue weighted by molar-refractivity contribution is 6.00. The zero-order valence-electron chi connectivity index (χ0n) is 12.2. The number of amides is 1. The van der Waals surface area contributed by atoms with E-state index in [2.05, 4.69) is 14.9 Å². The third-order valence-electron chi connectivity index (χ3n) is 4.12. The minimum Gasteiger partial charge on any atom is -0.453 e. The molecule has 0 bridgehead atoms. The Morgan fingerprint density at radius 2 is 2.00 bits per heavy atom. The highest BCUT2D eigenvalue weighted by Gasteiger charge is 2.33. The molecule has 1 saturated heterocycles. The van der Waals surface area contributed by atoms with Crippen LogP contribution in [0.1, 0.15) is 35.3 Å². The maximum absolute atomic E-state index is 11.9. The van der Waals surface area contributed by atoms with E-state index in [1.165, 1.54) is 13.4 Å². The number of rotatable bonds is 1. The summed E-state index contributed by atoms with van der Waals surface area (Å²) >= 11 is 0. The number of hydrogen-bond acceptors (Lipinski definition) is 6. The van der Waals surface area contributed by atoms with Crippen molar-refractivity contribution in [2.45, 2.75) is 19.3 Å². The number of aromatic nitrogens is 2. The molecule has 2 aliphatic rings. The van der Waals surface area contributed by atoms with Crippen LogP contribution in [0.3, 0.4) is 0 Å². The average Bonchev–Trinajstić information content (AvgIpc) is 2.82. The first-order chi connectivity index (χ1) is 10.1. The van der Waals surface area contributed by atoms with E-state index in [-0.39, 0.29) is 17.8 Å². The van der Waals surface area contributed by atoms with E-state index >= 15 is 0 Å². The predicted octanol–water partition coefficient (Wildman–Crippen LogP) is 1.05. The van der Waals surface area contributed by atoms with Gasteiger partial charge in [-0.1, -0.05) is 6.92 Å². The fraction of sp³-hybridized carbons (Fsp3) is 0.571. The molecule has 1 aromatic rings. The van der Waals surface area contributed by atoms with Gasteiger partial charge in [0.15, 0.2) is 5.78 Å². The number of Topliss-reactive ketones (excluding diaryl/α,β-unsaturated/α-hetero) is 1. The van der Waals surface area contributed by atoms with E-state index in [1.807, 2.05) is 6.92 Å². The van der Waals surface area contributed by atoms with Crippen LogP contribution in [0.15, 0.2) is 6.33 Å². The smallest absolute Gasteiger partial charge is 0.409 e. The molecule has 3 rings (SSSR count). The zero-order valence-corrected chi connectivity index (χ0v) is 12.2. The molecule has 0 radical (unpaired) electrons. The Labute approximate surface area is 122 Å². The minimum absolute atomic E-state index is 0.0920. The lowest BCUT2D eigenvalue weighted by Gasteiger charge is -2.35. The minimum atomic E-state index is -0.300. The van der Waals surface area contributed by atoms with Gasteiger partial charge in [-0.25, -0.2) is 14.8 Å². The second-order valence-electron chi connectivity index (χ2n) is 5.43. The monoisotopic (exact) mass is 290 g/mol. The summed E-state index contributed by atoms with van der Waals surface area (Å²) in [5.41, 5.74) is 1.51. The molecule has 1 atom stereocenters. The van der Waals surface area contributed by atoms with Crippen LogP contribution < -0.4 is 4.90 Å². The maximum atomic E-state index is 11.9. The number of nitrogens with zero attached hydrogens (tertiary/aromatic N) is 4. The van der Waals surface area contributed by atoms with Crippen molar-refractivity contribution in [3.05, 3.63) is 17.6 Å². The summed E-state index contributed by atoms with van der Waals surface area (Å²) in [4.78, 5) is 35.7. The normalized spacial score (nSPS) is 21.4. The molecule has 1 aliphatic heterocycles. The SMILES string of the molecule is COC(=O)N1CCN(c2ncnc3c2C(C)CC3=O)CC1. The summed E-state index contributed by atoms with van der Waals surface area (Å²) in [6.07, 6.45) is 1.66. The molecular formula is C14H18N4O3. The molecule has 1 aromatic heterocycles. The fourth-order valence-corrected chi connectivity index (χ4v) is 3.02. The Balaban J connectivity index is 1.81. The maximum Gasteiger partial charge on any atom is 0.409 e. The van der Waals surface area contributed by atoms with Crippen LogP contribution in [0.4, 0.5) is 10.6 Å². The van der Waals surface area contributed by atoms with E-state index in [1.54, 1.807) is 4.90 Å². The van der Waals surface area contributed by atoms with Gasteiger partial charge in [0.05, 0.1) is 7.11 Å². The number of hydrogen-bond donors (Lipinski definition) is 0. The topological polar surface area (TPSA) is 75.6 Å². The standard InChI is InChI=1S/C14H18N4O3/c1-9-7-10(19)12-11(9)13(16-8-15-12)17-3-5-18(6-4-17)14(20)21-2/h8-9H,3-7H2,1-2H3. The molecule has 0 aromatic carbocycles. The van der Waals surface area contributed by atoms with Crippen LogP contribution >= 0.6 is 0 Å². The first-order valence-electron chi connectivity index (χ1n) is 7.07. The molecule has 21 heavy (non-hydrogen) atoms. The van der Waals surface area contributed by atoms with Gasteiger partial charge in [-0.3, -0.25) is 4.79 Å². The van der Waals surface area contributed by atoms with Crippen molar-refractivity contribution in [3.63, 3.8) is 0 Å². The Kier molecular flexibility index (Phi) is 3.48. The van der Waals surface area contributed by atoms with Crippen molar-refractivity contribution in [3.8, 4) is 0 Å². The summed E-state index contributed by atoms with van der Waals surface area (Å²) < 4.78 is 4.73. The highest BCUT2D eigenvalue weighted by Crippen LogP contribution is 2.37. The van der Waals surface area contributed by atoms with Crippen LogP contribution in [0, 0.1) is 0 Å². The number of piperazine rings is 1. The molecule has 0 spiro atoms. The third-order valence-corrected chi connectivity index (χ3v) is 4.12. The van der Waals surface area contributed by atoms with Crippen molar-refractivity contribution in [2.75, 3.05) is 38.2 Å². The van der Waals surface area contributed by atoms with E-state index in [4.69, 9.17) is 4.74 Å². The summed E-state index contributed by atoms with van der Waals surface area (Å²) in [5.74, 6) is 1.08. The molecule has 1 aliphatic carbocycles. The molecule has 0 N–H and O–H groups in total. The molecule has 112 valence electrons. The van der Waals surface area contributed by atoms with Gasteiger partial charge in [0.2, 0.25) is 0 Å². The van der Waals surface area contributed by atoms with Gasteiger partial charge in [-0.05, 0) is 5.92 Å². The Bertz CT molecular complexity index is 582. The van der Waals surface area contributed by atoms with Gasteiger partial charge in [0, 0.05) is 38.2 Å². The van der Waals surface area contributed by atoms with Crippen LogP contribution in [0.25, 0.3) is 0 Å². The molecule has 2 heterocycles. The largest absolute Gasteiger partial charge is 0.453 e. The zero-order chi connectivity index (χ0) is 15.0. The van der Waals surface area contributed by atoms with Crippen LogP contribution in [0.5, 0.6) is 0 Å². The second kappa shape index (κ2) is 5.31. The quantitative estimate of drug-likeness (QED) is 0.769. The van der Waals surface area contributed by atoms with E-state index in [0.717, 1.165) is 11.4 Å². The molecular weight excluding hydrogens is 272 g/mol. The fourth-order valence-electron chi connectivity index (χ4n) is 3.02. The van der Waals surface area contributed by atoms with Gasteiger partial charge < -0.3 is 14.5 Å². The molecule has 1 unspecified atom stereocenters. The van der Waals surface area contributed by atoms with E-state index < -0.39 is 0 Å². The van der Waals surface area contributed by atoms with Crippen molar-refractivity contribution < 1.29 is 14.3 Å². The lowest BCUT2D eigenvalue weighted by atomic mass is 10.1. The number of ketones is 1. The van der Waals surface area contributed by atoms with Gasteiger partial charge in [-0.2, -0.15) is 0 Å². The molecule has 0 saturated carbocycles. The summed E-state index contributed by atoms with van der Waals surface area (Å²) in [6.45, 7) is 4.57. The van der Waals surface area contributed by atoms with Crippen molar-refractivity contribution in [1.82, 2.24) is 14.9 Å². The van der Waals surface area contributed by atoms with Crippen molar-refractivity contribution in [2.24, 2.45) is 0 Å². The summed E-state index contributed by atoms with van der Waals surface area (Å²) in [5, 5.41) is 0. The van der Waals surface area contributed by atoms with Crippen molar-refractivity contribution >= 4 is 17.7 Å². The lowest BCUT2D eigenvalue weighted by molar-refractivity contribution is 0.0986. The van der Waals surface area contributed by atoms with Crippen LogP contribution in [-0.4, -0.2) is 60.0 Å². The number of carbonyl (C=O) groups is 2. The summed E-state index contributed by atoms with van der Waals surface area (Å²) in [7, 11) is 1.39. The average molecular weight is 290 g/mol. The first kappa shape index (κ1) is 13.8. The number of carbonyl (C=O) groups excluding carboxylic acids is 2. The predicted molar refractivity (Wildman–Crippen MR) is 75.6 cm³/mol. The van der Waals surface area contributed by atoms with Crippen LogP contribution in [0.2, 0.25) is 0 Å². The van der Waals surface area contributed by atoms with Gasteiger partial charge in [0.1, 0.15) is 17.8 Å². The molecule has 1 fully saturated rings. The third kappa shape index (κ3) is 2.32. The molecule has 7 nitrogen and oxygen atoms in total. The summed E-state index contributed by atoms with van der Waals surface area (Å²) in [6, 6.07) is 0. The molecule has 1 amide bonds. The number of fused-ring (bicyclic) bond motifs is 1. The van der Waals surface area contributed by atoms with E-state index in [9.17, 15) is 9.59 Å². The number of ether oxygens (including phenoxy) is 1. The van der Waals surface area contributed by atoms with Crippen molar-refractivity contribution in [1.29, 1.82) is 0 Å². The number of methoxy groups -OCH3 is 1. The first-order valence-corrected chi connectivity index (χ1v) is 7.07.